The van der Waals surface area contributed by atoms with Crippen molar-refractivity contribution in [2.75, 3.05) is 59.2 Å². The number of carbonyl (C=O) groups is 3. The van der Waals surface area contributed by atoms with Crippen molar-refractivity contribution in [3.05, 3.63) is 35.4 Å². The highest BCUT2D eigenvalue weighted by Crippen LogP contribution is 2.23. The largest absolute Gasteiger partial charge is 0.378 e. The molecule has 0 aliphatic carbocycles. The van der Waals surface area contributed by atoms with Crippen molar-refractivity contribution in [1.82, 2.24) is 19.6 Å². The van der Waals surface area contributed by atoms with Crippen LogP contribution in [0.4, 0.5) is 4.79 Å². The normalized spacial score (nSPS) is 21.3. The van der Waals surface area contributed by atoms with Crippen LogP contribution in [0.2, 0.25) is 0 Å². The monoisotopic (exact) mass is 358 g/mol. The van der Waals surface area contributed by atoms with E-state index in [1.165, 1.54) is 4.90 Å². The molecule has 0 radical (unpaired) electrons. The van der Waals surface area contributed by atoms with Crippen LogP contribution in [0.15, 0.2) is 24.3 Å². The molecule has 0 aromatic heterocycles. The van der Waals surface area contributed by atoms with Crippen LogP contribution in [0.5, 0.6) is 0 Å². The van der Waals surface area contributed by atoms with Gasteiger partial charge in [0.25, 0.3) is 11.8 Å². The van der Waals surface area contributed by atoms with E-state index in [9.17, 15) is 14.4 Å². The maximum absolute atomic E-state index is 12.5. The number of ether oxygens (including phenoxy) is 1. The van der Waals surface area contributed by atoms with E-state index in [0.717, 1.165) is 0 Å². The Morgan fingerprint density at radius 1 is 0.846 bits per heavy atom. The lowest BCUT2D eigenvalue weighted by Gasteiger charge is -2.39. The van der Waals surface area contributed by atoms with E-state index in [1.54, 1.807) is 24.3 Å². The number of benzene rings is 1. The second-order valence-electron chi connectivity index (χ2n) is 6.71. The second kappa shape index (κ2) is 7.05. The predicted molar refractivity (Wildman–Crippen MR) is 92.7 cm³/mol. The summed E-state index contributed by atoms with van der Waals surface area (Å²) in [6, 6.07) is 6.96. The minimum atomic E-state index is -0.238. The fourth-order valence-electron chi connectivity index (χ4n) is 3.60. The van der Waals surface area contributed by atoms with Crippen molar-refractivity contribution in [3.8, 4) is 0 Å². The molecule has 3 aliphatic heterocycles. The molecule has 0 atom stereocenters. The fourth-order valence-corrected chi connectivity index (χ4v) is 3.60. The maximum atomic E-state index is 12.5. The van der Waals surface area contributed by atoms with Gasteiger partial charge in [-0.25, -0.2) is 4.79 Å². The lowest BCUT2D eigenvalue weighted by atomic mass is 10.1. The Morgan fingerprint density at radius 2 is 1.38 bits per heavy atom. The Hall–Kier alpha value is -2.45. The summed E-state index contributed by atoms with van der Waals surface area (Å²) in [6.07, 6.45) is 0. The van der Waals surface area contributed by atoms with E-state index in [4.69, 9.17) is 4.74 Å². The first-order valence-corrected chi connectivity index (χ1v) is 8.94. The predicted octanol–water partition coefficient (Wildman–Crippen LogP) is 0.310. The van der Waals surface area contributed by atoms with Gasteiger partial charge in [-0.2, -0.15) is 0 Å². The fraction of sp³-hybridized carbons (Fsp3) is 0.500. The van der Waals surface area contributed by atoms with Crippen LogP contribution in [-0.4, -0.2) is 96.6 Å². The van der Waals surface area contributed by atoms with E-state index in [0.29, 0.717) is 63.6 Å². The minimum Gasteiger partial charge on any atom is -0.378 e. The molecule has 0 saturated carbocycles. The number of nitrogens with zero attached hydrogens (tertiary/aromatic N) is 4. The standard InChI is InChI=1S/C18H22N4O4/c23-16-14-3-1-2-4-15(14)17(24)22(16)13-19-5-7-20(8-6-19)18(25)21-9-11-26-12-10-21/h1-4H,5-13H2. The summed E-state index contributed by atoms with van der Waals surface area (Å²) in [7, 11) is 0. The molecule has 1 aromatic carbocycles. The Bertz CT molecular complexity index is 689. The van der Waals surface area contributed by atoms with Crippen molar-refractivity contribution in [3.63, 3.8) is 0 Å². The molecule has 0 N–H and O–H groups in total. The van der Waals surface area contributed by atoms with Gasteiger partial charge >= 0.3 is 6.03 Å². The van der Waals surface area contributed by atoms with E-state index >= 15 is 0 Å². The summed E-state index contributed by atoms with van der Waals surface area (Å²) in [5, 5.41) is 0. The van der Waals surface area contributed by atoms with Crippen LogP contribution in [0.3, 0.4) is 0 Å². The van der Waals surface area contributed by atoms with Crippen LogP contribution < -0.4 is 0 Å². The third kappa shape index (κ3) is 3.06. The van der Waals surface area contributed by atoms with E-state index < -0.39 is 0 Å². The third-order valence-electron chi connectivity index (χ3n) is 5.14. The average Bonchev–Trinajstić information content (AvgIpc) is 2.94. The molecule has 4 rings (SSSR count). The number of morpholine rings is 1. The summed E-state index contributed by atoms with van der Waals surface area (Å²) in [6.45, 7) is 5.19. The molecular formula is C18H22N4O4. The molecule has 4 amide bonds. The van der Waals surface area contributed by atoms with Gasteiger partial charge < -0.3 is 14.5 Å². The van der Waals surface area contributed by atoms with Gasteiger partial charge in [-0.05, 0) is 12.1 Å². The van der Waals surface area contributed by atoms with Crippen LogP contribution in [-0.2, 0) is 4.74 Å². The van der Waals surface area contributed by atoms with Gasteiger partial charge in [0.05, 0.1) is 31.0 Å². The molecule has 0 spiro atoms. The number of rotatable bonds is 2. The molecule has 3 aliphatic rings. The summed E-state index contributed by atoms with van der Waals surface area (Å²) < 4.78 is 5.29. The second-order valence-corrected chi connectivity index (χ2v) is 6.71. The van der Waals surface area contributed by atoms with Gasteiger partial charge in [0.1, 0.15) is 0 Å². The number of amides is 4. The zero-order valence-electron chi connectivity index (χ0n) is 14.6. The topological polar surface area (TPSA) is 73.4 Å². The molecular weight excluding hydrogens is 336 g/mol. The summed E-state index contributed by atoms with van der Waals surface area (Å²) in [5.41, 5.74) is 0.942. The Balaban J connectivity index is 1.33. The first-order valence-electron chi connectivity index (χ1n) is 8.94. The molecule has 8 nitrogen and oxygen atoms in total. The molecule has 0 bridgehead atoms. The molecule has 8 heteroatoms. The first kappa shape index (κ1) is 17.0. The van der Waals surface area contributed by atoms with Crippen molar-refractivity contribution in [1.29, 1.82) is 0 Å². The summed E-state index contributed by atoms with van der Waals surface area (Å²) in [5.74, 6) is -0.477. The van der Waals surface area contributed by atoms with Crippen LogP contribution in [0.1, 0.15) is 20.7 Å². The SMILES string of the molecule is O=C(N1CCOCC1)N1CCN(CN2C(=O)c3ccccc3C2=O)CC1. The molecule has 1 aromatic rings. The van der Waals surface area contributed by atoms with Crippen molar-refractivity contribution >= 4 is 17.8 Å². The number of piperazine rings is 1. The Kier molecular flexibility index (Phi) is 4.60. The highest BCUT2D eigenvalue weighted by Gasteiger charge is 2.36. The highest BCUT2D eigenvalue weighted by molar-refractivity contribution is 6.21. The minimum absolute atomic E-state index is 0.0497. The van der Waals surface area contributed by atoms with Gasteiger partial charge in [-0.3, -0.25) is 19.4 Å². The van der Waals surface area contributed by atoms with Gasteiger partial charge in [-0.1, -0.05) is 12.1 Å². The third-order valence-corrected chi connectivity index (χ3v) is 5.14. The highest BCUT2D eigenvalue weighted by atomic mass is 16.5. The molecule has 0 unspecified atom stereocenters. The number of carbonyl (C=O) groups excluding carboxylic acids is 3. The number of imide groups is 1. The van der Waals surface area contributed by atoms with Gasteiger partial charge in [0.15, 0.2) is 0 Å². The van der Waals surface area contributed by atoms with E-state index in [1.807, 2.05) is 14.7 Å². The Morgan fingerprint density at radius 3 is 1.96 bits per heavy atom. The average molecular weight is 358 g/mol. The summed E-state index contributed by atoms with van der Waals surface area (Å²) >= 11 is 0. The number of fused-ring (bicyclic) bond motifs is 1. The quantitative estimate of drug-likeness (QED) is 0.712. The number of hydrogen-bond acceptors (Lipinski definition) is 5. The number of hydrogen-bond donors (Lipinski definition) is 0. The van der Waals surface area contributed by atoms with Gasteiger partial charge in [0.2, 0.25) is 0 Å². The van der Waals surface area contributed by atoms with Crippen LogP contribution in [0.25, 0.3) is 0 Å². The first-order chi connectivity index (χ1) is 12.6. The molecule has 2 fully saturated rings. The van der Waals surface area contributed by atoms with Crippen molar-refractivity contribution in [2.24, 2.45) is 0 Å². The maximum Gasteiger partial charge on any atom is 0.320 e. The Labute approximate surface area is 151 Å². The van der Waals surface area contributed by atoms with Crippen LogP contribution in [0, 0.1) is 0 Å². The molecule has 3 heterocycles. The van der Waals surface area contributed by atoms with Crippen LogP contribution >= 0.6 is 0 Å². The molecule has 26 heavy (non-hydrogen) atoms. The zero-order valence-corrected chi connectivity index (χ0v) is 14.6. The molecule has 2 saturated heterocycles. The van der Waals surface area contributed by atoms with Gasteiger partial charge in [0, 0.05) is 39.3 Å². The summed E-state index contributed by atoms with van der Waals surface area (Å²) in [4.78, 5) is 44.4. The van der Waals surface area contributed by atoms with Crippen molar-refractivity contribution in [2.45, 2.75) is 0 Å². The van der Waals surface area contributed by atoms with Gasteiger partial charge in [-0.15, -0.1) is 0 Å². The van der Waals surface area contributed by atoms with E-state index in [-0.39, 0.29) is 24.5 Å². The smallest absolute Gasteiger partial charge is 0.320 e. The lowest BCUT2D eigenvalue weighted by molar-refractivity contribution is 0.0312. The van der Waals surface area contributed by atoms with Crippen molar-refractivity contribution < 1.29 is 19.1 Å². The zero-order chi connectivity index (χ0) is 18.1. The van der Waals surface area contributed by atoms with E-state index in [2.05, 4.69) is 0 Å². The molecule has 138 valence electrons. The lowest BCUT2D eigenvalue weighted by Crippen LogP contribution is -2.56. The number of urea groups is 1.